The van der Waals surface area contributed by atoms with Gasteiger partial charge in [-0.05, 0) is 13.0 Å². The number of ketones is 1. The normalized spacial score (nSPS) is 35.4. The Kier molecular flexibility index (Phi) is 1.71. The molecule has 0 radical (unpaired) electrons. The second-order valence-corrected chi connectivity index (χ2v) is 3.26. The van der Waals surface area contributed by atoms with Gasteiger partial charge >= 0.3 is 5.97 Å². The zero-order valence-corrected chi connectivity index (χ0v) is 7.12. The number of hydrogen-bond donors (Lipinski definition) is 0. The van der Waals surface area contributed by atoms with Crippen LogP contribution in [0.3, 0.4) is 0 Å². The van der Waals surface area contributed by atoms with E-state index in [9.17, 15) is 14.0 Å². The molecule has 2 aliphatic carbocycles. The van der Waals surface area contributed by atoms with Gasteiger partial charge in [0.05, 0.1) is 12.5 Å². The highest BCUT2D eigenvalue weighted by Crippen LogP contribution is 2.54. The molecular weight excluding hydrogens is 175 g/mol. The lowest BCUT2D eigenvalue weighted by atomic mass is 10.2. The maximum atomic E-state index is 12.6. The van der Waals surface area contributed by atoms with E-state index < -0.39 is 23.4 Å². The van der Waals surface area contributed by atoms with Gasteiger partial charge in [0.2, 0.25) is 0 Å². The van der Waals surface area contributed by atoms with Gasteiger partial charge in [0, 0.05) is 11.8 Å². The Morgan fingerprint density at radius 2 is 2.38 bits per heavy atom. The van der Waals surface area contributed by atoms with Crippen LogP contribution in [-0.4, -0.2) is 18.4 Å². The first-order valence-corrected chi connectivity index (χ1v) is 4.25. The lowest BCUT2D eigenvalue weighted by Crippen LogP contribution is -2.12. The highest BCUT2D eigenvalue weighted by Gasteiger charge is 2.63. The van der Waals surface area contributed by atoms with Gasteiger partial charge in [-0.3, -0.25) is 9.59 Å². The minimum Gasteiger partial charge on any atom is -0.466 e. The van der Waals surface area contributed by atoms with Crippen LogP contribution >= 0.6 is 0 Å². The van der Waals surface area contributed by atoms with Crippen molar-refractivity contribution in [1.29, 1.82) is 0 Å². The molecule has 13 heavy (non-hydrogen) atoms. The number of esters is 1. The van der Waals surface area contributed by atoms with E-state index in [0.717, 1.165) is 0 Å². The molecule has 0 aromatic heterocycles. The van der Waals surface area contributed by atoms with Crippen molar-refractivity contribution in [2.75, 3.05) is 6.61 Å². The van der Waals surface area contributed by atoms with Gasteiger partial charge in [0.15, 0.2) is 11.6 Å². The monoisotopic (exact) mass is 184 g/mol. The van der Waals surface area contributed by atoms with Crippen molar-refractivity contribution >= 4 is 11.8 Å². The summed E-state index contributed by atoms with van der Waals surface area (Å²) in [6, 6.07) is 0. The van der Waals surface area contributed by atoms with Gasteiger partial charge in [-0.15, -0.1) is 0 Å². The fourth-order valence-electron chi connectivity index (χ4n) is 1.83. The number of allylic oxidation sites excluding steroid dienone is 2. The lowest BCUT2D eigenvalue weighted by Gasteiger charge is -2.00. The van der Waals surface area contributed by atoms with E-state index in [-0.39, 0.29) is 11.9 Å². The van der Waals surface area contributed by atoms with Crippen LogP contribution in [0.1, 0.15) is 6.92 Å². The molecule has 0 heterocycles. The zero-order chi connectivity index (χ0) is 9.59. The maximum absolute atomic E-state index is 12.6. The van der Waals surface area contributed by atoms with Crippen LogP contribution in [-0.2, 0) is 14.3 Å². The molecule has 0 N–H and O–H groups in total. The Hall–Kier alpha value is -1.19. The number of ether oxygens (including phenoxy) is 1. The summed E-state index contributed by atoms with van der Waals surface area (Å²) in [6.07, 6.45) is 1.23. The molecule has 3 atom stereocenters. The smallest absolute Gasteiger partial charge is 0.310 e. The SMILES string of the molecule is CCOC(=O)C1C2C=C(F)C(=O)C21. The topological polar surface area (TPSA) is 43.4 Å². The van der Waals surface area contributed by atoms with Gasteiger partial charge in [0.25, 0.3) is 0 Å². The molecular formula is C9H9FO3. The van der Waals surface area contributed by atoms with Crippen LogP contribution in [0, 0.1) is 17.8 Å². The Balaban J connectivity index is 2.04. The summed E-state index contributed by atoms with van der Waals surface area (Å²) < 4.78 is 17.3. The van der Waals surface area contributed by atoms with Crippen molar-refractivity contribution in [3.63, 3.8) is 0 Å². The van der Waals surface area contributed by atoms with Crippen molar-refractivity contribution in [3.8, 4) is 0 Å². The predicted molar refractivity (Wildman–Crippen MR) is 41.3 cm³/mol. The first-order chi connectivity index (χ1) is 6.16. The molecule has 0 spiro atoms. The number of rotatable bonds is 2. The van der Waals surface area contributed by atoms with Crippen LogP contribution in [0.15, 0.2) is 11.9 Å². The maximum Gasteiger partial charge on any atom is 0.310 e. The standard InChI is InChI=1S/C9H9FO3/c1-2-13-9(12)7-4-3-5(10)8(11)6(4)7/h3-4,6-7H,2H2,1H3. The second kappa shape index (κ2) is 2.65. The van der Waals surface area contributed by atoms with Crippen LogP contribution in [0.5, 0.6) is 0 Å². The van der Waals surface area contributed by atoms with E-state index in [0.29, 0.717) is 6.61 Å². The molecule has 1 saturated carbocycles. The summed E-state index contributed by atoms with van der Waals surface area (Å²) in [5.41, 5.74) is 0. The fourth-order valence-corrected chi connectivity index (χ4v) is 1.83. The molecule has 70 valence electrons. The first kappa shape index (κ1) is 8.41. The van der Waals surface area contributed by atoms with E-state index in [1.165, 1.54) is 6.08 Å². The summed E-state index contributed by atoms with van der Waals surface area (Å²) in [6.45, 7) is 2.00. The largest absolute Gasteiger partial charge is 0.466 e. The van der Waals surface area contributed by atoms with Crippen molar-refractivity contribution in [2.45, 2.75) is 6.92 Å². The van der Waals surface area contributed by atoms with Crippen LogP contribution in [0.25, 0.3) is 0 Å². The van der Waals surface area contributed by atoms with Crippen molar-refractivity contribution in [3.05, 3.63) is 11.9 Å². The molecule has 1 fully saturated rings. The van der Waals surface area contributed by atoms with E-state index in [1.54, 1.807) is 6.92 Å². The van der Waals surface area contributed by atoms with E-state index in [1.807, 2.05) is 0 Å². The molecule has 4 heteroatoms. The molecule has 0 saturated heterocycles. The van der Waals surface area contributed by atoms with E-state index in [4.69, 9.17) is 4.74 Å². The van der Waals surface area contributed by atoms with Crippen molar-refractivity contribution in [2.24, 2.45) is 17.8 Å². The molecule has 0 aromatic rings. The molecule has 0 aromatic carbocycles. The number of carbonyl (C=O) groups excluding carboxylic acids is 2. The Labute approximate surface area is 74.6 Å². The highest BCUT2D eigenvalue weighted by molar-refractivity contribution is 6.05. The lowest BCUT2D eigenvalue weighted by molar-refractivity contribution is -0.146. The van der Waals surface area contributed by atoms with Crippen LogP contribution in [0.2, 0.25) is 0 Å². The Bertz CT molecular complexity index is 308. The van der Waals surface area contributed by atoms with Crippen molar-refractivity contribution in [1.82, 2.24) is 0 Å². The number of carbonyl (C=O) groups is 2. The zero-order valence-electron chi connectivity index (χ0n) is 7.12. The van der Waals surface area contributed by atoms with Gasteiger partial charge < -0.3 is 4.74 Å². The summed E-state index contributed by atoms with van der Waals surface area (Å²) in [4.78, 5) is 22.2. The van der Waals surface area contributed by atoms with Crippen molar-refractivity contribution < 1.29 is 18.7 Å². The Morgan fingerprint density at radius 1 is 1.69 bits per heavy atom. The number of fused-ring (bicyclic) bond motifs is 1. The number of halogens is 1. The van der Waals surface area contributed by atoms with Crippen LogP contribution < -0.4 is 0 Å². The molecule has 0 bridgehead atoms. The molecule has 0 amide bonds. The van der Waals surface area contributed by atoms with Crippen LogP contribution in [0.4, 0.5) is 4.39 Å². The summed E-state index contributed by atoms with van der Waals surface area (Å²) in [5.74, 6) is -2.72. The third kappa shape index (κ3) is 1.08. The third-order valence-electron chi connectivity index (χ3n) is 2.51. The average molecular weight is 184 g/mol. The minimum atomic E-state index is -0.699. The number of Topliss-reactive ketones (excluding diaryl/α,β-unsaturated/α-hetero) is 1. The summed E-state index contributed by atoms with van der Waals surface area (Å²) in [7, 11) is 0. The van der Waals surface area contributed by atoms with Gasteiger partial charge in [0.1, 0.15) is 0 Å². The summed E-state index contributed by atoms with van der Waals surface area (Å²) >= 11 is 0. The predicted octanol–water partition coefficient (Wildman–Crippen LogP) is 0.848. The highest BCUT2D eigenvalue weighted by atomic mass is 19.1. The average Bonchev–Trinajstić information content (AvgIpc) is 2.70. The molecule has 3 unspecified atom stereocenters. The minimum absolute atomic E-state index is 0.230. The van der Waals surface area contributed by atoms with E-state index in [2.05, 4.69) is 0 Å². The summed E-state index contributed by atoms with van der Waals surface area (Å²) in [5, 5.41) is 0. The quantitative estimate of drug-likeness (QED) is 0.597. The Morgan fingerprint density at radius 3 is 2.85 bits per heavy atom. The number of hydrogen-bond acceptors (Lipinski definition) is 3. The second-order valence-electron chi connectivity index (χ2n) is 3.26. The molecule has 3 nitrogen and oxygen atoms in total. The van der Waals surface area contributed by atoms with E-state index >= 15 is 0 Å². The van der Waals surface area contributed by atoms with Gasteiger partial charge in [-0.1, -0.05) is 0 Å². The molecule has 2 aliphatic rings. The van der Waals surface area contributed by atoms with Gasteiger partial charge in [-0.2, -0.15) is 0 Å². The first-order valence-electron chi connectivity index (χ1n) is 4.25. The fraction of sp³-hybridized carbons (Fsp3) is 0.556. The molecule has 0 aliphatic heterocycles. The molecule has 2 rings (SSSR count). The third-order valence-corrected chi connectivity index (χ3v) is 2.51. The van der Waals surface area contributed by atoms with Gasteiger partial charge in [-0.25, -0.2) is 4.39 Å².